The third kappa shape index (κ3) is 147. The first kappa shape index (κ1) is 121. The van der Waals surface area contributed by atoms with Gasteiger partial charge in [-0.05, 0) is 19.3 Å². The summed E-state index contributed by atoms with van der Waals surface area (Å²) in [5.74, 6) is -1.16. The Kier molecular flexibility index (Phi) is 378. The molecule has 46 heavy (non-hydrogen) atoms. The van der Waals surface area contributed by atoms with Crippen LogP contribution in [0.3, 0.4) is 0 Å². The van der Waals surface area contributed by atoms with Crippen LogP contribution in [-0.4, -0.2) is 109 Å². The van der Waals surface area contributed by atoms with Gasteiger partial charge in [0, 0.05) is 89.7 Å². The molecule has 3 amide bonds. The molecule has 21 nitrogen and oxygen atoms in total. The van der Waals surface area contributed by atoms with Crippen molar-refractivity contribution in [1.29, 1.82) is 0 Å². The van der Waals surface area contributed by atoms with Crippen LogP contribution in [0.25, 0.3) is 0 Å². The molecule has 0 heterocycles. The molecule has 0 saturated carbocycles. The van der Waals surface area contributed by atoms with Crippen molar-refractivity contribution in [3.8, 4) is 0 Å². The molecule has 0 aromatic carbocycles. The van der Waals surface area contributed by atoms with Crippen LogP contribution in [0.4, 0.5) is 0 Å². The Hall–Kier alpha value is -2.31. The standard InChI is InChI=1S/C9H18N2O4.C5H11NO2.C2H5.6CH2O.CH3.Fe.6H3N.Y/c1-3-6-11(15)9(13)5-4-7-10(14)8(2)12;1-3-4-6(8)5(2)7;7*1-2;;;;;;;;;/h14-15H,3-7H2,1-2H3;8H,3-4H2,1-2H3;1H2,2H3;6*1H2;1H3;;6*1H3;/q;;-1;;;;;;;-1;;;;;;;;. The van der Waals surface area contributed by atoms with E-state index >= 15 is 0 Å². The summed E-state index contributed by atoms with van der Waals surface area (Å²) in [5.41, 5.74) is 0. The molecule has 0 aliphatic rings. The Balaban J connectivity index is -0.0000000139. The number of rotatable bonds is 8. The maximum Gasteiger partial charge on any atom is 0.245 e. The van der Waals surface area contributed by atoms with E-state index in [1.54, 1.807) is 6.92 Å². The van der Waals surface area contributed by atoms with Gasteiger partial charge in [-0.15, -0.1) is 0 Å². The Morgan fingerprint density at radius 1 is 0.543 bits per heavy atom. The molecule has 23 heteroatoms. The predicted octanol–water partition coefficient (Wildman–Crippen LogP) is 2.41. The van der Waals surface area contributed by atoms with Crippen molar-refractivity contribution in [2.24, 2.45) is 0 Å². The smallest absolute Gasteiger partial charge is 0.245 e. The maximum atomic E-state index is 11.2. The van der Waals surface area contributed by atoms with Crippen molar-refractivity contribution in [1.82, 2.24) is 52.1 Å². The summed E-state index contributed by atoms with van der Waals surface area (Å²) in [6, 6.07) is 0. The average molecular weight is 807 g/mol. The third-order valence-corrected chi connectivity index (χ3v) is 2.65. The van der Waals surface area contributed by atoms with Crippen molar-refractivity contribution in [3.05, 3.63) is 14.4 Å². The van der Waals surface area contributed by atoms with Gasteiger partial charge in [-0.2, -0.15) is 6.92 Å². The minimum Gasteiger partial charge on any atom is -0.358 e. The van der Waals surface area contributed by atoms with E-state index in [0.29, 0.717) is 41.1 Å². The first-order valence-corrected chi connectivity index (χ1v) is 10.0. The topological polar surface area (TPSA) is 434 Å². The van der Waals surface area contributed by atoms with Gasteiger partial charge < -0.3 is 80.0 Å². The second kappa shape index (κ2) is 144. The van der Waals surface area contributed by atoms with E-state index in [1.165, 1.54) is 13.8 Å². The number of hydrogen-bond donors (Lipinski definition) is 9. The number of carbonyl (C=O) groups is 9. The molecule has 0 bridgehead atoms. The molecule has 0 fully saturated rings. The van der Waals surface area contributed by atoms with Crippen LogP contribution in [0.15, 0.2) is 0 Å². The fourth-order valence-electron chi connectivity index (χ4n) is 1.37. The third-order valence-electron chi connectivity index (χ3n) is 2.65. The number of hydrogen-bond acceptors (Lipinski definition) is 18. The number of hydroxylamine groups is 6. The SMILES string of the molecule is C=O.C=O.C=O.C=O.C=O.C=O.CCCN(O)C(=O)CCCN(O)C(C)=O.CCCN(O)C(C)=O.N.N.N.N.N.N.[CH2-]C.[CH3-].[Fe].[Y]. The Bertz CT molecular complexity index is 477. The molecule has 0 atom stereocenters. The van der Waals surface area contributed by atoms with E-state index in [2.05, 4.69) is 6.92 Å². The monoisotopic (exact) mass is 806 g/mol. The van der Waals surface area contributed by atoms with Gasteiger partial charge in [0.05, 0.1) is 0 Å². The van der Waals surface area contributed by atoms with Crippen molar-refractivity contribution >= 4 is 58.5 Å². The summed E-state index contributed by atoms with van der Waals surface area (Å²) in [5, 5.41) is 28.6. The number of nitrogens with zero attached hydrogens (tertiary/aromatic N) is 3. The van der Waals surface area contributed by atoms with Gasteiger partial charge in [-0.1, -0.05) is 13.8 Å². The van der Waals surface area contributed by atoms with E-state index in [4.69, 9.17) is 44.4 Å². The zero-order valence-electron chi connectivity index (χ0n) is 28.9. The average Bonchev–Trinajstić information content (AvgIpc) is 2.96. The summed E-state index contributed by atoms with van der Waals surface area (Å²) in [7, 11) is 0. The van der Waals surface area contributed by atoms with Crippen LogP contribution in [0.2, 0.25) is 0 Å². The first-order chi connectivity index (χ1) is 17.7. The molecule has 0 spiro atoms. The van der Waals surface area contributed by atoms with Crippen LogP contribution in [0.1, 0.15) is 60.3 Å². The molecular weight excluding hydrogens is 739 g/mol. The van der Waals surface area contributed by atoms with Crippen LogP contribution in [0.5, 0.6) is 0 Å². The summed E-state index contributed by atoms with van der Waals surface area (Å²) in [6.07, 6.45) is 1.91. The Morgan fingerprint density at radius 2 is 0.739 bits per heavy atom. The van der Waals surface area contributed by atoms with Crippen molar-refractivity contribution in [2.75, 3.05) is 19.6 Å². The second-order valence-corrected chi connectivity index (χ2v) is 4.90. The van der Waals surface area contributed by atoms with Crippen molar-refractivity contribution in [3.63, 3.8) is 0 Å². The van der Waals surface area contributed by atoms with Gasteiger partial charge >= 0.3 is 0 Å². The van der Waals surface area contributed by atoms with Gasteiger partial charge in [-0.25, -0.2) is 15.2 Å². The summed E-state index contributed by atoms with van der Waals surface area (Å²) >= 11 is 0. The van der Waals surface area contributed by atoms with Crippen LogP contribution < -0.4 is 36.9 Å². The molecule has 1 radical (unpaired) electrons. The minimum absolute atomic E-state index is 0. The molecule has 21 N–H and O–H groups in total. The van der Waals surface area contributed by atoms with Crippen LogP contribution in [-0.2, 0) is 92.9 Å². The molecule has 0 aliphatic carbocycles. The fraction of sp³-hybridized carbons (Fsp3) is 0.522. The quantitative estimate of drug-likeness (QED) is 0.0735. The molecule has 0 aromatic rings. The zero-order chi connectivity index (χ0) is 32.4. The van der Waals surface area contributed by atoms with E-state index in [0.717, 1.165) is 6.42 Å². The fourth-order valence-corrected chi connectivity index (χ4v) is 1.37. The summed E-state index contributed by atoms with van der Waals surface area (Å²) < 4.78 is 0. The van der Waals surface area contributed by atoms with E-state index in [1.807, 2.05) is 54.6 Å². The van der Waals surface area contributed by atoms with Gasteiger partial charge in [-0.3, -0.25) is 30.0 Å². The van der Waals surface area contributed by atoms with Crippen molar-refractivity contribution < 1.29 is 109 Å². The zero-order valence-corrected chi connectivity index (χ0v) is 32.9. The molecule has 0 unspecified atom stereocenters. The van der Waals surface area contributed by atoms with Gasteiger partial charge in [0.15, 0.2) is 0 Å². The molecule has 289 valence electrons. The predicted molar refractivity (Wildman–Crippen MR) is 172 cm³/mol. The van der Waals surface area contributed by atoms with Gasteiger partial charge in [0.2, 0.25) is 17.7 Å². The largest absolute Gasteiger partial charge is 0.358 e. The first-order valence-electron chi connectivity index (χ1n) is 10.0. The van der Waals surface area contributed by atoms with Crippen molar-refractivity contribution in [2.45, 2.75) is 60.3 Å². The normalized spacial score (nSPS) is 5.41. The Morgan fingerprint density at radius 3 is 0.913 bits per heavy atom. The summed E-state index contributed by atoms with van der Waals surface area (Å²) in [4.78, 5) is 80.0. The van der Waals surface area contributed by atoms with Gasteiger partial charge in [0.25, 0.3) is 0 Å². The molecular formula is C23H67FeN9O12Y-2. The molecule has 0 rings (SSSR count). The van der Waals surface area contributed by atoms with Crippen LogP contribution >= 0.6 is 0 Å². The molecule has 0 aromatic heterocycles. The minimum atomic E-state index is -0.461. The Labute approximate surface area is 312 Å². The maximum absolute atomic E-state index is 11.2. The van der Waals surface area contributed by atoms with E-state index in [9.17, 15) is 14.4 Å². The number of carbonyl (C=O) groups excluding carboxylic acids is 9. The molecule has 0 aliphatic heterocycles. The van der Waals surface area contributed by atoms with E-state index in [-0.39, 0.29) is 113 Å². The second-order valence-electron chi connectivity index (χ2n) is 4.90. The van der Waals surface area contributed by atoms with Gasteiger partial charge in [0.1, 0.15) is 40.7 Å². The summed E-state index contributed by atoms with van der Waals surface area (Å²) in [6.45, 7) is 24.1. The van der Waals surface area contributed by atoms with E-state index < -0.39 is 11.8 Å². The number of amides is 3. The van der Waals surface area contributed by atoms with Crippen LogP contribution in [0, 0.1) is 14.4 Å². The molecule has 0 saturated heterocycles.